The van der Waals surface area contributed by atoms with Gasteiger partial charge in [-0.25, -0.2) is 0 Å². The van der Waals surface area contributed by atoms with E-state index in [0.29, 0.717) is 16.3 Å². The zero-order valence-electron chi connectivity index (χ0n) is 9.81. The summed E-state index contributed by atoms with van der Waals surface area (Å²) in [5, 5.41) is 9.46. The molecular formula is C13H18N2S. The molecule has 16 heavy (non-hydrogen) atoms. The highest BCUT2D eigenvalue weighted by molar-refractivity contribution is 8.00. The van der Waals surface area contributed by atoms with E-state index in [1.807, 2.05) is 42.1 Å². The molecule has 0 bridgehead atoms. The van der Waals surface area contributed by atoms with E-state index in [0.717, 1.165) is 18.7 Å². The van der Waals surface area contributed by atoms with Gasteiger partial charge in [0.1, 0.15) is 5.84 Å². The van der Waals surface area contributed by atoms with E-state index >= 15 is 0 Å². The van der Waals surface area contributed by atoms with Gasteiger partial charge in [0.05, 0.1) is 0 Å². The number of hydrogen-bond acceptors (Lipinski definition) is 2. The van der Waals surface area contributed by atoms with Gasteiger partial charge in [-0.05, 0) is 0 Å². The molecule has 0 amide bonds. The summed E-state index contributed by atoms with van der Waals surface area (Å²) in [6.07, 6.45) is 0. The largest absolute Gasteiger partial charge is 0.354 e. The Morgan fingerprint density at radius 3 is 2.31 bits per heavy atom. The maximum absolute atomic E-state index is 8.22. The highest BCUT2D eigenvalue weighted by Crippen LogP contribution is 2.25. The van der Waals surface area contributed by atoms with E-state index in [1.165, 1.54) is 0 Å². The Bertz CT molecular complexity index is 353. The molecule has 0 aliphatic carbocycles. The average Bonchev–Trinajstić information content (AvgIpc) is 2.28. The van der Waals surface area contributed by atoms with Crippen LogP contribution in [0, 0.1) is 5.41 Å². The fourth-order valence-electron chi connectivity index (χ4n) is 2.14. The Hall–Kier alpha value is -0.960. The Morgan fingerprint density at radius 2 is 1.75 bits per heavy atom. The van der Waals surface area contributed by atoms with E-state index in [2.05, 4.69) is 18.7 Å². The molecule has 1 aromatic rings. The van der Waals surface area contributed by atoms with Gasteiger partial charge in [0.15, 0.2) is 0 Å². The quantitative estimate of drug-likeness (QED) is 0.597. The number of nitrogens with one attached hydrogen (secondary N) is 1. The Morgan fingerprint density at radius 1 is 1.19 bits per heavy atom. The van der Waals surface area contributed by atoms with Gasteiger partial charge in [0, 0.05) is 29.2 Å². The molecule has 1 heterocycles. The molecule has 1 saturated heterocycles. The minimum atomic E-state index is 0.618. The monoisotopic (exact) mass is 234 g/mol. The smallest absolute Gasteiger partial charge is 0.128 e. The van der Waals surface area contributed by atoms with Crippen molar-refractivity contribution in [3.05, 3.63) is 35.9 Å². The van der Waals surface area contributed by atoms with Crippen LogP contribution in [0.5, 0.6) is 0 Å². The van der Waals surface area contributed by atoms with Gasteiger partial charge in [0.2, 0.25) is 0 Å². The van der Waals surface area contributed by atoms with Gasteiger partial charge < -0.3 is 4.90 Å². The summed E-state index contributed by atoms with van der Waals surface area (Å²) in [7, 11) is 0. The third-order valence-corrected chi connectivity index (χ3v) is 4.01. The minimum Gasteiger partial charge on any atom is -0.354 e. The number of hydrogen-bond donors (Lipinski definition) is 1. The molecule has 1 fully saturated rings. The number of benzene rings is 1. The van der Waals surface area contributed by atoms with Crippen LogP contribution in [0.15, 0.2) is 30.3 Å². The number of thioether (sulfide) groups is 1. The summed E-state index contributed by atoms with van der Waals surface area (Å²) in [6, 6.07) is 10.0. The van der Waals surface area contributed by atoms with Gasteiger partial charge in [-0.3, -0.25) is 5.41 Å². The van der Waals surface area contributed by atoms with E-state index in [9.17, 15) is 0 Å². The summed E-state index contributed by atoms with van der Waals surface area (Å²) in [5.41, 5.74) is 1.02. The average molecular weight is 234 g/mol. The van der Waals surface area contributed by atoms with Crippen molar-refractivity contribution in [1.29, 1.82) is 5.41 Å². The lowest BCUT2D eigenvalue weighted by molar-refractivity contribution is 0.409. The van der Waals surface area contributed by atoms with Crippen molar-refractivity contribution in [2.75, 3.05) is 13.1 Å². The van der Waals surface area contributed by atoms with Gasteiger partial charge in [0.25, 0.3) is 0 Å². The molecule has 1 aromatic carbocycles. The summed E-state index contributed by atoms with van der Waals surface area (Å²) >= 11 is 2.02. The van der Waals surface area contributed by atoms with Crippen LogP contribution in [-0.4, -0.2) is 34.3 Å². The summed E-state index contributed by atoms with van der Waals surface area (Å²) in [4.78, 5) is 2.20. The van der Waals surface area contributed by atoms with Crippen LogP contribution in [0.1, 0.15) is 19.4 Å². The predicted molar refractivity (Wildman–Crippen MR) is 71.4 cm³/mol. The molecule has 2 unspecified atom stereocenters. The highest BCUT2D eigenvalue weighted by Gasteiger charge is 2.24. The highest BCUT2D eigenvalue weighted by atomic mass is 32.2. The van der Waals surface area contributed by atoms with Gasteiger partial charge in [-0.15, -0.1) is 0 Å². The van der Waals surface area contributed by atoms with Crippen molar-refractivity contribution in [1.82, 2.24) is 4.90 Å². The van der Waals surface area contributed by atoms with Crippen LogP contribution >= 0.6 is 11.8 Å². The van der Waals surface area contributed by atoms with Crippen molar-refractivity contribution < 1.29 is 0 Å². The van der Waals surface area contributed by atoms with Crippen LogP contribution in [0.3, 0.4) is 0 Å². The Labute approximate surface area is 102 Å². The first kappa shape index (κ1) is 11.5. The molecule has 1 aliphatic heterocycles. The van der Waals surface area contributed by atoms with Crippen molar-refractivity contribution in [3.8, 4) is 0 Å². The van der Waals surface area contributed by atoms with E-state index < -0.39 is 0 Å². The lowest BCUT2D eigenvalue weighted by Gasteiger charge is -2.36. The van der Waals surface area contributed by atoms with Crippen molar-refractivity contribution in [3.63, 3.8) is 0 Å². The van der Waals surface area contributed by atoms with Crippen LogP contribution in [0.2, 0.25) is 0 Å². The third-order valence-electron chi connectivity index (χ3n) is 2.78. The summed E-state index contributed by atoms with van der Waals surface area (Å²) < 4.78 is 0. The van der Waals surface area contributed by atoms with Crippen LogP contribution in [-0.2, 0) is 0 Å². The maximum atomic E-state index is 8.22. The van der Waals surface area contributed by atoms with Gasteiger partial charge in [-0.1, -0.05) is 44.2 Å². The topological polar surface area (TPSA) is 27.1 Å². The second-order valence-electron chi connectivity index (χ2n) is 4.38. The maximum Gasteiger partial charge on any atom is 0.128 e. The summed E-state index contributed by atoms with van der Waals surface area (Å²) in [5.74, 6) is 0.666. The standard InChI is InChI=1S/C13H18N2S/c1-10-8-15(9-11(2)16-10)13(14)12-6-4-3-5-7-12/h3-7,10-11,14H,8-9H2,1-2H3. The zero-order chi connectivity index (χ0) is 11.5. The van der Waals surface area contributed by atoms with Crippen molar-refractivity contribution >= 4 is 17.6 Å². The number of rotatable bonds is 1. The molecule has 2 nitrogen and oxygen atoms in total. The molecule has 2 rings (SSSR count). The lowest BCUT2D eigenvalue weighted by atomic mass is 10.2. The minimum absolute atomic E-state index is 0.618. The molecule has 0 spiro atoms. The van der Waals surface area contributed by atoms with E-state index in [4.69, 9.17) is 5.41 Å². The fraction of sp³-hybridized carbons (Fsp3) is 0.462. The normalized spacial score (nSPS) is 25.5. The van der Waals surface area contributed by atoms with Crippen LogP contribution in [0.4, 0.5) is 0 Å². The second kappa shape index (κ2) is 4.91. The summed E-state index contributed by atoms with van der Waals surface area (Å²) in [6.45, 7) is 6.46. The molecule has 2 atom stereocenters. The first-order valence-corrected chi connectivity index (χ1v) is 6.65. The predicted octanol–water partition coefficient (Wildman–Crippen LogP) is 2.84. The van der Waals surface area contributed by atoms with E-state index in [-0.39, 0.29) is 0 Å². The van der Waals surface area contributed by atoms with E-state index in [1.54, 1.807) is 0 Å². The van der Waals surface area contributed by atoms with Crippen molar-refractivity contribution in [2.45, 2.75) is 24.3 Å². The van der Waals surface area contributed by atoms with Crippen LogP contribution in [0.25, 0.3) is 0 Å². The second-order valence-corrected chi connectivity index (χ2v) is 6.26. The molecule has 1 aliphatic rings. The molecule has 0 saturated carbocycles. The zero-order valence-corrected chi connectivity index (χ0v) is 10.6. The first-order valence-electron chi connectivity index (χ1n) is 5.71. The molecule has 0 aromatic heterocycles. The molecule has 86 valence electrons. The lowest BCUT2D eigenvalue weighted by Crippen LogP contribution is -2.44. The SMILES string of the molecule is CC1CN(C(=N)c2ccccc2)CC(C)S1. The number of amidine groups is 1. The Balaban J connectivity index is 2.10. The molecule has 0 radical (unpaired) electrons. The fourth-order valence-corrected chi connectivity index (χ4v) is 3.46. The Kier molecular flexibility index (Phi) is 3.54. The molecular weight excluding hydrogens is 216 g/mol. The van der Waals surface area contributed by atoms with Gasteiger partial charge in [-0.2, -0.15) is 11.8 Å². The first-order chi connectivity index (χ1) is 7.66. The molecule has 1 N–H and O–H groups in total. The van der Waals surface area contributed by atoms with Crippen LogP contribution < -0.4 is 0 Å². The van der Waals surface area contributed by atoms with Gasteiger partial charge >= 0.3 is 0 Å². The number of nitrogens with zero attached hydrogens (tertiary/aromatic N) is 1. The third kappa shape index (κ3) is 2.59. The van der Waals surface area contributed by atoms with Crippen molar-refractivity contribution in [2.24, 2.45) is 0 Å². The molecule has 3 heteroatoms.